The summed E-state index contributed by atoms with van der Waals surface area (Å²) in [7, 11) is 0. The Kier molecular flexibility index (Phi) is 5.42. The molecule has 0 saturated carbocycles. The van der Waals surface area contributed by atoms with Gasteiger partial charge in [0, 0.05) is 50.9 Å². The molecule has 3 heterocycles. The van der Waals surface area contributed by atoms with Crippen molar-refractivity contribution in [2.24, 2.45) is 0 Å². The Morgan fingerprint density at radius 1 is 0.806 bits per heavy atom. The third-order valence-electron chi connectivity index (χ3n) is 6.03. The predicted octanol–water partition coefficient (Wildman–Crippen LogP) is 2.74. The van der Waals surface area contributed by atoms with Gasteiger partial charge in [0.2, 0.25) is 0 Å². The van der Waals surface area contributed by atoms with Gasteiger partial charge in [-0.2, -0.15) is 0 Å². The molecule has 0 unspecified atom stereocenters. The number of morpholine rings is 1. The molecule has 0 radical (unpaired) electrons. The Bertz CT molecular complexity index is 1090. The maximum absolute atomic E-state index is 13.1. The fourth-order valence-corrected chi connectivity index (χ4v) is 4.30. The summed E-state index contributed by atoms with van der Waals surface area (Å²) >= 11 is 0. The lowest BCUT2D eigenvalue weighted by molar-refractivity contribution is 0.0746. The largest absolute Gasteiger partial charge is 0.378 e. The Morgan fingerprint density at radius 2 is 1.45 bits per heavy atom. The third kappa shape index (κ3) is 4.18. The van der Waals surface area contributed by atoms with Crippen molar-refractivity contribution in [3.8, 4) is 0 Å². The van der Waals surface area contributed by atoms with Crippen LogP contribution < -0.4 is 9.80 Å². The first kappa shape index (κ1) is 19.8. The first-order valence-corrected chi connectivity index (χ1v) is 10.9. The number of nitrogens with zero attached hydrogens (tertiary/aromatic N) is 5. The van der Waals surface area contributed by atoms with Gasteiger partial charge < -0.3 is 19.4 Å². The van der Waals surface area contributed by atoms with Crippen molar-refractivity contribution < 1.29 is 9.53 Å². The highest BCUT2D eigenvalue weighted by atomic mass is 16.5. The van der Waals surface area contributed by atoms with E-state index in [0.717, 1.165) is 73.2 Å². The van der Waals surface area contributed by atoms with Crippen molar-refractivity contribution in [3.63, 3.8) is 0 Å². The van der Waals surface area contributed by atoms with Gasteiger partial charge >= 0.3 is 0 Å². The molecule has 0 atom stereocenters. The van der Waals surface area contributed by atoms with E-state index >= 15 is 0 Å². The summed E-state index contributed by atoms with van der Waals surface area (Å²) in [5.41, 5.74) is 0.750. The maximum atomic E-state index is 13.1. The van der Waals surface area contributed by atoms with Crippen LogP contribution >= 0.6 is 0 Å². The Labute approximate surface area is 182 Å². The van der Waals surface area contributed by atoms with Crippen LogP contribution in [-0.2, 0) is 4.74 Å². The number of aromatic nitrogens is 2. The summed E-state index contributed by atoms with van der Waals surface area (Å²) in [5, 5.41) is 2.25. The maximum Gasteiger partial charge on any atom is 0.253 e. The zero-order valence-electron chi connectivity index (χ0n) is 17.8. The number of amides is 1. The van der Waals surface area contributed by atoms with Crippen molar-refractivity contribution in [2.75, 3.05) is 62.3 Å². The molecule has 2 aromatic carbocycles. The fraction of sp³-hybridized carbons (Fsp3) is 0.375. The molecular weight excluding hydrogens is 390 g/mol. The second-order valence-corrected chi connectivity index (χ2v) is 8.07. The van der Waals surface area contributed by atoms with Crippen molar-refractivity contribution in [1.82, 2.24) is 14.9 Å². The lowest BCUT2D eigenvalue weighted by Crippen LogP contribution is -2.49. The van der Waals surface area contributed by atoms with E-state index in [9.17, 15) is 4.79 Å². The Morgan fingerprint density at radius 3 is 2.16 bits per heavy atom. The summed E-state index contributed by atoms with van der Waals surface area (Å²) in [5.74, 6) is 2.76. The molecule has 2 aliphatic rings. The van der Waals surface area contributed by atoms with Gasteiger partial charge in [-0.15, -0.1) is 0 Å². The monoisotopic (exact) mass is 417 g/mol. The quantitative estimate of drug-likeness (QED) is 0.653. The summed E-state index contributed by atoms with van der Waals surface area (Å²) in [6, 6.07) is 16.2. The van der Waals surface area contributed by atoms with Gasteiger partial charge in [0.15, 0.2) is 0 Å². The Hall–Kier alpha value is -3.19. The number of aryl methyl sites for hydroxylation is 1. The standard InChI is InChI=1S/C24H27N5O2/c1-18-25-22(17-23(26-18)28-12-14-31-15-13-28)27-8-10-29(11-9-27)24(30)21-7-6-19-4-2-3-5-20(19)16-21/h2-7,16-17H,8-15H2,1H3. The van der Waals surface area contributed by atoms with Crippen LogP contribution in [0.15, 0.2) is 48.5 Å². The molecule has 31 heavy (non-hydrogen) atoms. The number of carbonyl (C=O) groups is 1. The number of piperazine rings is 1. The molecule has 5 rings (SSSR count). The zero-order chi connectivity index (χ0) is 21.2. The van der Waals surface area contributed by atoms with Gasteiger partial charge in [-0.25, -0.2) is 9.97 Å². The highest BCUT2D eigenvalue weighted by Gasteiger charge is 2.24. The lowest BCUT2D eigenvalue weighted by atomic mass is 10.1. The van der Waals surface area contributed by atoms with Crippen LogP contribution in [0.5, 0.6) is 0 Å². The number of anilines is 2. The minimum Gasteiger partial charge on any atom is -0.378 e. The Balaban J connectivity index is 1.27. The van der Waals surface area contributed by atoms with Gasteiger partial charge in [0.1, 0.15) is 17.5 Å². The van der Waals surface area contributed by atoms with Gasteiger partial charge in [-0.3, -0.25) is 4.79 Å². The average Bonchev–Trinajstić information content (AvgIpc) is 2.83. The van der Waals surface area contributed by atoms with Crippen LogP contribution in [0.4, 0.5) is 11.6 Å². The number of fused-ring (bicyclic) bond motifs is 1. The number of rotatable bonds is 3. The molecule has 1 amide bonds. The molecule has 7 heteroatoms. The molecule has 7 nitrogen and oxygen atoms in total. The minimum absolute atomic E-state index is 0.0956. The van der Waals surface area contributed by atoms with Crippen molar-refractivity contribution in [3.05, 3.63) is 59.9 Å². The molecule has 2 fully saturated rings. The molecule has 2 aliphatic heterocycles. The van der Waals surface area contributed by atoms with E-state index in [0.29, 0.717) is 13.1 Å². The topological polar surface area (TPSA) is 61.8 Å². The van der Waals surface area contributed by atoms with Crippen LogP contribution in [0, 0.1) is 6.92 Å². The SMILES string of the molecule is Cc1nc(N2CCOCC2)cc(N2CCN(C(=O)c3ccc4ccccc4c3)CC2)n1. The molecular formula is C24H27N5O2. The van der Waals surface area contributed by atoms with Gasteiger partial charge in [0.05, 0.1) is 13.2 Å². The predicted molar refractivity (Wildman–Crippen MR) is 122 cm³/mol. The first-order valence-electron chi connectivity index (χ1n) is 10.9. The fourth-order valence-electron chi connectivity index (χ4n) is 4.30. The van der Waals surface area contributed by atoms with E-state index in [-0.39, 0.29) is 5.91 Å². The van der Waals surface area contributed by atoms with Gasteiger partial charge in [0.25, 0.3) is 5.91 Å². The molecule has 160 valence electrons. The van der Waals surface area contributed by atoms with Crippen LogP contribution in [0.3, 0.4) is 0 Å². The molecule has 0 N–H and O–H groups in total. The van der Waals surface area contributed by atoms with Gasteiger partial charge in [-0.1, -0.05) is 30.3 Å². The van der Waals surface area contributed by atoms with E-state index in [1.807, 2.05) is 48.2 Å². The first-order chi connectivity index (χ1) is 15.2. The second kappa shape index (κ2) is 8.51. The minimum atomic E-state index is 0.0956. The number of benzene rings is 2. The van der Waals surface area contributed by atoms with Crippen LogP contribution in [0.2, 0.25) is 0 Å². The molecule has 1 aromatic heterocycles. The number of ether oxygens (including phenoxy) is 1. The highest BCUT2D eigenvalue weighted by Crippen LogP contribution is 2.22. The molecule has 0 bridgehead atoms. The van der Waals surface area contributed by atoms with E-state index in [1.54, 1.807) is 0 Å². The van der Waals surface area contributed by atoms with Crippen LogP contribution in [-0.4, -0.2) is 73.3 Å². The van der Waals surface area contributed by atoms with Crippen molar-refractivity contribution >= 4 is 28.3 Å². The van der Waals surface area contributed by atoms with E-state index < -0.39 is 0 Å². The molecule has 2 saturated heterocycles. The van der Waals surface area contributed by atoms with E-state index in [2.05, 4.69) is 31.9 Å². The smallest absolute Gasteiger partial charge is 0.253 e. The average molecular weight is 418 g/mol. The van der Waals surface area contributed by atoms with E-state index in [1.165, 1.54) is 0 Å². The summed E-state index contributed by atoms with van der Waals surface area (Å²) in [4.78, 5) is 28.8. The molecule has 0 spiro atoms. The van der Waals surface area contributed by atoms with Gasteiger partial charge in [-0.05, 0) is 29.8 Å². The highest BCUT2D eigenvalue weighted by molar-refractivity contribution is 5.98. The third-order valence-corrected chi connectivity index (χ3v) is 6.03. The second-order valence-electron chi connectivity index (χ2n) is 8.07. The van der Waals surface area contributed by atoms with Crippen molar-refractivity contribution in [2.45, 2.75) is 6.92 Å². The summed E-state index contributed by atoms with van der Waals surface area (Å²) < 4.78 is 5.46. The molecule has 0 aliphatic carbocycles. The lowest BCUT2D eigenvalue weighted by Gasteiger charge is -2.36. The normalized spacial score (nSPS) is 17.3. The number of carbonyl (C=O) groups excluding carboxylic acids is 1. The summed E-state index contributed by atoms with van der Waals surface area (Å²) in [6.07, 6.45) is 0. The number of hydrogen-bond acceptors (Lipinski definition) is 6. The van der Waals surface area contributed by atoms with E-state index in [4.69, 9.17) is 4.74 Å². The van der Waals surface area contributed by atoms with Crippen LogP contribution in [0.1, 0.15) is 16.2 Å². The molecule has 3 aromatic rings. The number of hydrogen-bond donors (Lipinski definition) is 0. The zero-order valence-corrected chi connectivity index (χ0v) is 17.8. The summed E-state index contributed by atoms with van der Waals surface area (Å²) in [6.45, 7) is 7.99. The van der Waals surface area contributed by atoms with Crippen molar-refractivity contribution in [1.29, 1.82) is 0 Å². The van der Waals surface area contributed by atoms with Crippen LogP contribution in [0.25, 0.3) is 10.8 Å².